The molecule has 7 heteroatoms. The van der Waals surface area contributed by atoms with Gasteiger partial charge in [-0.15, -0.1) is 0 Å². The van der Waals surface area contributed by atoms with Gasteiger partial charge in [-0.1, -0.05) is 0 Å². The number of nitro benzene ring substituents is 1. The average Bonchev–Trinajstić information content (AvgIpc) is 2.57. The Labute approximate surface area is 134 Å². The molecule has 2 aliphatic heterocycles. The van der Waals surface area contributed by atoms with Crippen LogP contribution in [-0.4, -0.2) is 59.6 Å². The molecule has 2 aliphatic rings. The first-order valence-electron chi connectivity index (χ1n) is 7.71. The number of morpholine rings is 1. The largest absolute Gasteiger partial charge is 0.379 e. The Morgan fingerprint density at radius 2 is 1.73 bits per heavy atom. The molecular formula is C15H21N3O3S. The summed E-state index contributed by atoms with van der Waals surface area (Å²) in [7, 11) is 0. The molecule has 1 aromatic rings. The van der Waals surface area contributed by atoms with Crippen molar-refractivity contribution in [2.75, 3.05) is 39.4 Å². The zero-order valence-corrected chi connectivity index (χ0v) is 13.3. The number of benzene rings is 1. The maximum Gasteiger partial charge on any atom is 0.269 e. The van der Waals surface area contributed by atoms with E-state index in [9.17, 15) is 10.1 Å². The maximum atomic E-state index is 10.7. The molecule has 0 aromatic heterocycles. The Hall–Kier alpha value is -1.15. The van der Waals surface area contributed by atoms with Gasteiger partial charge in [0.05, 0.1) is 18.1 Å². The lowest BCUT2D eigenvalue weighted by atomic mass is 10.0. The molecule has 0 bridgehead atoms. The van der Waals surface area contributed by atoms with Crippen molar-refractivity contribution >= 4 is 17.6 Å². The molecule has 0 unspecified atom stereocenters. The first kappa shape index (κ1) is 15.7. The minimum atomic E-state index is -0.359. The van der Waals surface area contributed by atoms with E-state index in [-0.39, 0.29) is 10.6 Å². The highest BCUT2D eigenvalue weighted by Crippen LogP contribution is 2.29. The fraction of sp³-hybridized carbons (Fsp3) is 0.600. The Kier molecular flexibility index (Phi) is 5.30. The summed E-state index contributed by atoms with van der Waals surface area (Å²) in [5.41, 5.74) is 0.148. The summed E-state index contributed by atoms with van der Waals surface area (Å²) in [4.78, 5) is 13.9. The number of ether oxygens (including phenoxy) is 1. The van der Waals surface area contributed by atoms with Crippen molar-refractivity contribution < 1.29 is 9.66 Å². The Morgan fingerprint density at radius 1 is 1.09 bits per heavy atom. The van der Waals surface area contributed by atoms with Gasteiger partial charge < -0.3 is 4.74 Å². The van der Waals surface area contributed by atoms with E-state index in [2.05, 4.69) is 9.21 Å². The first-order chi connectivity index (χ1) is 10.7. The van der Waals surface area contributed by atoms with Crippen LogP contribution in [0.2, 0.25) is 0 Å². The summed E-state index contributed by atoms with van der Waals surface area (Å²) < 4.78 is 7.77. The number of rotatable bonds is 4. The molecule has 0 radical (unpaired) electrons. The van der Waals surface area contributed by atoms with Crippen LogP contribution in [0.3, 0.4) is 0 Å². The van der Waals surface area contributed by atoms with E-state index in [0.717, 1.165) is 44.3 Å². The van der Waals surface area contributed by atoms with Crippen LogP contribution >= 0.6 is 11.9 Å². The molecule has 0 amide bonds. The molecule has 0 N–H and O–H groups in total. The van der Waals surface area contributed by atoms with Crippen molar-refractivity contribution in [1.82, 2.24) is 9.21 Å². The standard InChI is InChI=1S/C15H21N3O3S/c19-18(20)14-1-3-15(4-2-14)22-17-7-5-13(6-8-17)16-9-11-21-12-10-16/h1-4,13H,5-12H2. The quantitative estimate of drug-likeness (QED) is 0.482. The van der Waals surface area contributed by atoms with Crippen LogP contribution < -0.4 is 0 Å². The zero-order chi connectivity index (χ0) is 15.4. The van der Waals surface area contributed by atoms with Gasteiger partial charge in [0.1, 0.15) is 0 Å². The van der Waals surface area contributed by atoms with Gasteiger partial charge >= 0.3 is 0 Å². The molecule has 2 heterocycles. The third kappa shape index (κ3) is 3.98. The average molecular weight is 323 g/mol. The van der Waals surface area contributed by atoms with E-state index in [0.29, 0.717) is 6.04 Å². The molecular weight excluding hydrogens is 302 g/mol. The normalized spacial score (nSPS) is 21.8. The molecule has 0 atom stereocenters. The van der Waals surface area contributed by atoms with Crippen LogP contribution in [0.5, 0.6) is 0 Å². The summed E-state index contributed by atoms with van der Waals surface area (Å²) in [5.74, 6) is 0. The summed E-state index contributed by atoms with van der Waals surface area (Å²) in [5, 5.41) is 10.7. The topological polar surface area (TPSA) is 58.9 Å². The molecule has 2 fully saturated rings. The lowest BCUT2D eigenvalue weighted by Gasteiger charge is -2.39. The van der Waals surface area contributed by atoms with Gasteiger partial charge in [0.2, 0.25) is 0 Å². The number of piperidine rings is 1. The highest BCUT2D eigenvalue weighted by Gasteiger charge is 2.26. The lowest BCUT2D eigenvalue weighted by molar-refractivity contribution is -0.384. The van der Waals surface area contributed by atoms with Crippen LogP contribution in [-0.2, 0) is 4.74 Å². The zero-order valence-electron chi connectivity index (χ0n) is 12.5. The van der Waals surface area contributed by atoms with E-state index in [1.54, 1.807) is 24.1 Å². The molecule has 6 nitrogen and oxygen atoms in total. The van der Waals surface area contributed by atoms with Crippen molar-refractivity contribution in [2.24, 2.45) is 0 Å². The van der Waals surface area contributed by atoms with Gasteiger partial charge in [0.15, 0.2) is 0 Å². The molecule has 0 aliphatic carbocycles. The van der Waals surface area contributed by atoms with E-state index < -0.39 is 0 Å². The van der Waals surface area contributed by atoms with Crippen LogP contribution in [0.25, 0.3) is 0 Å². The Bertz CT molecular complexity index is 497. The maximum absolute atomic E-state index is 10.7. The second-order valence-electron chi connectivity index (χ2n) is 5.65. The molecule has 120 valence electrons. The van der Waals surface area contributed by atoms with E-state index in [4.69, 9.17) is 4.74 Å². The minimum absolute atomic E-state index is 0.148. The fourth-order valence-corrected chi connectivity index (χ4v) is 3.97. The SMILES string of the molecule is O=[N+]([O-])c1ccc(SN2CCC(N3CCOCC3)CC2)cc1. The molecule has 1 aromatic carbocycles. The van der Waals surface area contributed by atoms with Crippen molar-refractivity contribution in [2.45, 2.75) is 23.8 Å². The lowest BCUT2D eigenvalue weighted by Crippen LogP contribution is -2.47. The summed E-state index contributed by atoms with van der Waals surface area (Å²) in [6.07, 6.45) is 2.36. The number of hydrogen-bond acceptors (Lipinski definition) is 6. The van der Waals surface area contributed by atoms with Crippen molar-refractivity contribution in [3.8, 4) is 0 Å². The van der Waals surface area contributed by atoms with E-state index in [1.165, 1.54) is 12.8 Å². The highest BCUT2D eigenvalue weighted by molar-refractivity contribution is 7.97. The van der Waals surface area contributed by atoms with Gasteiger partial charge in [0.25, 0.3) is 5.69 Å². The van der Waals surface area contributed by atoms with Crippen LogP contribution in [0.15, 0.2) is 29.2 Å². The number of non-ortho nitro benzene ring substituents is 1. The van der Waals surface area contributed by atoms with Gasteiger partial charge in [0, 0.05) is 49.2 Å². The summed E-state index contributed by atoms with van der Waals surface area (Å²) in [6, 6.07) is 7.48. The van der Waals surface area contributed by atoms with Gasteiger partial charge in [-0.3, -0.25) is 15.0 Å². The Morgan fingerprint density at radius 3 is 2.32 bits per heavy atom. The smallest absolute Gasteiger partial charge is 0.269 e. The molecule has 2 saturated heterocycles. The van der Waals surface area contributed by atoms with Gasteiger partial charge in [-0.05, 0) is 36.9 Å². The van der Waals surface area contributed by atoms with Crippen LogP contribution in [0.1, 0.15) is 12.8 Å². The highest BCUT2D eigenvalue weighted by atomic mass is 32.2. The first-order valence-corrected chi connectivity index (χ1v) is 8.49. The van der Waals surface area contributed by atoms with Crippen LogP contribution in [0, 0.1) is 10.1 Å². The summed E-state index contributed by atoms with van der Waals surface area (Å²) in [6.45, 7) is 5.95. The number of hydrogen-bond donors (Lipinski definition) is 0. The molecule has 22 heavy (non-hydrogen) atoms. The predicted molar refractivity (Wildman–Crippen MR) is 85.9 cm³/mol. The van der Waals surface area contributed by atoms with Crippen LogP contribution in [0.4, 0.5) is 5.69 Å². The third-order valence-electron chi connectivity index (χ3n) is 4.27. The van der Waals surface area contributed by atoms with Crippen molar-refractivity contribution in [3.05, 3.63) is 34.4 Å². The number of nitrogens with zero attached hydrogens (tertiary/aromatic N) is 3. The van der Waals surface area contributed by atoms with E-state index in [1.807, 2.05) is 12.1 Å². The Balaban J connectivity index is 1.48. The van der Waals surface area contributed by atoms with Crippen molar-refractivity contribution in [1.29, 1.82) is 0 Å². The monoisotopic (exact) mass is 323 g/mol. The van der Waals surface area contributed by atoms with E-state index >= 15 is 0 Å². The number of nitro groups is 1. The van der Waals surface area contributed by atoms with Crippen molar-refractivity contribution in [3.63, 3.8) is 0 Å². The minimum Gasteiger partial charge on any atom is -0.379 e. The predicted octanol–water partition coefficient (Wildman–Crippen LogP) is 2.40. The van der Waals surface area contributed by atoms with Gasteiger partial charge in [-0.25, -0.2) is 4.31 Å². The molecule has 3 rings (SSSR count). The fourth-order valence-electron chi connectivity index (χ4n) is 3.02. The summed E-state index contributed by atoms with van der Waals surface area (Å²) >= 11 is 1.70. The molecule has 0 saturated carbocycles. The third-order valence-corrected chi connectivity index (χ3v) is 5.37. The second-order valence-corrected chi connectivity index (χ2v) is 6.82. The second kappa shape index (κ2) is 7.41. The molecule has 0 spiro atoms. The van der Waals surface area contributed by atoms with Gasteiger partial charge in [-0.2, -0.15) is 0 Å².